The predicted molar refractivity (Wildman–Crippen MR) is 82.6 cm³/mol. The van der Waals surface area contributed by atoms with Crippen molar-refractivity contribution in [3.63, 3.8) is 0 Å². The molecule has 2 aromatic rings. The van der Waals surface area contributed by atoms with Crippen LogP contribution in [0.2, 0.25) is 0 Å². The fraction of sp³-hybridized carbons (Fsp3) is 0.176. The van der Waals surface area contributed by atoms with E-state index in [1.165, 1.54) is 25.1 Å². The minimum atomic E-state index is -1.03. The molecule has 1 aromatic heterocycles. The maximum Gasteiger partial charge on any atom is 0.356 e. The number of pyridine rings is 1. The maximum atomic E-state index is 11.9. The second-order valence-electron chi connectivity index (χ2n) is 4.79. The molecule has 118 valence electrons. The molecule has 0 amide bonds. The highest BCUT2D eigenvalue weighted by Crippen LogP contribution is 2.22. The van der Waals surface area contributed by atoms with Crippen LogP contribution in [0.25, 0.3) is 11.1 Å². The van der Waals surface area contributed by atoms with E-state index >= 15 is 0 Å². The van der Waals surface area contributed by atoms with Crippen LogP contribution in [0.1, 0.15) is 45.2 Å². The van der Waals surface area contributed by atoms with Crippen LogP contribution in [-0.4, -0.2) is 34.4 Å². The van der Waals surface area contributed by atoms with Crippen LogP contribution in [0.15, 0.2) is 36.4 Å². The van der Waals surface area contributed by atoms with Crippen LogP contribution in [0.3, 0.4) is 0 Å². The lowest BCUT2D eigenvalue weighted by Gasteiger charge is -2.08. The normalized spacial score (nSPS) is 10.2. The number of carboxylic acids is 1. The first-order valence-electron chi connectivity index (χ1n) is 6.96. The number of carboxylic acid groups (broad SMARTS) is 1. The molecular weight excluding hydrogens is 298 g/mol. The van der Waals surface area contributed by atoms with Crippen molar-refractivity contribution in [2.75, 3.05) is 6.61 Å². The molecule has 1 heterocycles. The van der Waals surface area contributed by atoms with Gasteiger partial charge in [-0.15, -0.1) is 0 Å². The number of nitrogens with zero attached hydrogens (tertiary/aromatic N) is 1. The third-order valence-corrected chi connectivity index (χ3v) is 3.14. The average molecular weight is 313 g/mol. The van der Waals surface area contributed by atoms with Crippen molar-refractivity contribution in [1.82, 2.24) is 4.98 Å². The Morgan fingerprint density at radius 2 is 1.65 bits per heavy atom. The Morgan fingerprint density at radius 3 is 2.17 bits per heavy atom. The fourth-order valence-corrected chi connectivity index (χ4v) is 1.99. The zero-order valence-electron chi connectivity index (χ0n) is 12.7. The third kappa shape index (κ3) is 3.79. The van der Waals surface area contributed by atoms with Crippen LogP contribution >= 0.6 is 0 Å². The molecule has 1 aromatic carbocycles. The van der Waals surface area contributed by atoms with E-state index in [1.54, 1.807) is 25.1 Å². The summed E-state index contributed by atoms with van der Waals surface area (Å²) < 4.78 is 4.91. The molecule has 0 fully saturated rings. The zero-order valence-corrected chi connectivity index (χ0v) is 12.7. The first kappa shape index (κ1) is 16.4. The van der Waals surface area contributed by atoms with Gasteiger partial charge < -0.3 is 9.84 Å². The largest absolute Gasteiger partial charge is 0.478 e. The van der Waals surface area contributed by atoms with Gasteiger partial charge in [0.05, 0.1) is 12.2 Å². The van der Waals surface area contributed by atoms with E-state index in [1.807, 2.05) is 0 Å². The second kappa shape index (κ2) is 6.83. The number of rotatable bonds is 5. The molecule has 2 rings (SSSR count). The number of benzene rings is 1. The Kier molecular flexibility index (Phi) is 4.85. The van der Waals surface area contributed by atoms with E-state index in [2.05, 4.69) is 4.98 Å². The van der Waals surface area contributed by atoms with Gasteiger partial charge in [-0.3, -0.25) is 4.79 Å². The zero-order chi connectivity index (χ0) is 17.0. The summed E-state index contributed by atoms with van der Waals surface area (Å²) in [7, 11) is 0. The summed E-state index contributed by atoms with van der Waals surface area (Å²) in [6.07, 6.45) is 0. The Bertz CT molecular complexity index is 765. The lowest BCUT2D eigenvalue weighted by molar-refractivity contribution is 0.0519. The number of hydrogen-bond donors (Lipinski definition) is 1. The van der Waals surface area contributed by atoms with E-state index in [9.17, 15) is 14.4 Å². The molecule has 1 N–H and O–H groups in total. The molecule has 0 spiro atoms. The van der Waals surface area contributed by atoms with Crippen molar-refractivity contribution in [3.8, 4) is 11.1 Å². The van der Waals surface area contributed by atoms with Crippen molar-refractivity contribution in [1.29, 1.82) is 0 Å². The maximum absolute atomic E-state index is 11.9. The summed E-state index contributed by atoms with van der Waals surface area (Å²) in [5.74, 6) is -1.92. The molecule has 0 bridgehead atoms. The van der Waals surface area contributed by atoms with Crippen LogP contribution in [0, 0.1) is 0 Å². The number of Topliss-reactive ketones (excluding diaryl/α,β-unsaturated/α-hetero) is 1. The summed E-state index contributed by atoms with van der Waals surface area (Å²) in [6.45, 7) is 3.24. The molecule has 0 aliphatic carbocycles. The van der Waals surface area contributed by atoms with E-state index < -0.39 is 11.9 Å². The Balaban J connectivity index is 2.50. The Morgan fingerprint density at radius 1 is 1.04 bits per heavy atom. The van der Waals surface area contributed by atoms with E-state index in [0.29, 0.717) is 11.1 Å². The lowest BCUT2D eigenvalue weighted by atomic mass is 10.0. The molecule has 0 radical (unpaired) electrons. The number of ether oxygens (including phenoxy) is 1. The number of aromatic carboxylic acids is 1. The molecule has 0 unspecified atom stereocenters. The van der Waals surface area contributed by atoms with Crippen molar-refractivity contribution < 1.29 is 24.2 Å². The first-order chi connectivity index (χ1) is 10.9. The minimum Gasteiger partial charge on any atom is -0.478 e. The number of hydrogen-bond acceptors (Lipinski definition) is 5. The van der Waals surface area contributed by atoms with Gasteiger partial charge in [0.1, 0.15) is 11.4 Å². The van der Waals surface area contributed by atoms with Crippen molar-refractivity contribution >= 4 is 17.7 Å². The fourth-order valence-electron chi connectivity index (χ4n) is 1.99. The van der Waals surface area contributed by atoms with Crippen molar-refractivity contribution in [3.05, 3.63) is 53.3 Å². The highest BCUT2D eigenvalue weighted by Gasteiger charge is 2.14. The van der Waals surface area contributed by atoms with Gasteiger partial charge in [0.2, 0.25) is 0 Å². The lowest BCUT2D eigenvalue weighted by Crippen LogP contribution is -2.10. The number of aromatic nitrogens is 1. The van der Waals surface area contributed by atoms with Gasteiger partial charge in [-0.25, -0.2) is 14.6 Å². The average Bonchev–Trinajstić information content (AvgIpc) is 2.54. The summed E-state index contributed by atoms with van der Waals surface area (Å²) in [5.41, 5.74) is 1.60. The van der Waals surface area contributed by atoms with Crippen LogP contribution in [-0.2, 0) is 4.74 Å². The third-order valence-electron chi connectivity index (χ3n) is 3.14. The van der Waals surface area contributed by atoms with Gasteiger partial charge in [0, 0.05) is 6.92 Å². The number of esters is 1. The highest BCUT2D eigenvalue weighted by molar-refractivity contribution is 5.96. The van der Waals surface area contributed by atoms with E-state index in [0.717, 1.165) is 0 Å². The minimum absolute atomic E-state index is 0.0388. The standard InChI is InChI=1S/C17H15NO5/c1-3-23-17(22)15-9-13(8-14(18-15)10(2)19)11-4-6-12(7-5-11)16(20)21/h4-9H,3H2,1-2H3,(H,20,21). The van der Waals surface area contributed by atoms with Gasteiger partial charge in [0.15, 0.2) is 5.78 Å². The highest BCUT2D eigenvalue weighted by atomic mass is 16.5. The molecule has 0 saturated carbocycles. The summed E-state index contributed by atoms with van der Waals surface area (Å²) in [4.78, 5) is 38.4. The second-order valence-corrected chi connectivity index (χ2v) is 4.79. The molecule has 0 aliphatic heterocycles. The number of carbonyl (C=O) groups excluding carboxylic acids is 2. The van der Waals surface area contributed by atoms with Gasteiger partial charge >= 0.3 is 11.9 Å². The van der Waals surface area contributed by atoms with Crippen LogP contribution < -0.4 is 0 Å². The van der Waals surface area contributed by atoms with Crippen LogP contribution in [0.5, 0.6) is 0 Å². The van der Waals surface area contributed by atoms with Gasteiger partial charge in [-0.1, -0.05) is 12.1 Å². The van der Waals surface area contributed by atoms with Crippen LogP contribution in [0.4, 0.5) is 0 Å². The molecule has 0 atom stereocenters. The molecule has 0 saturated heterocycles. The van der Waals surface area contributed by atoms with Gasteiger partial charge in [-0.05, 0) is 42.3 Å². The van der Waals surface area contributed by atoms with Crippen molar-refractivity contribution in [2.24, 2.45) is 0 Å². The van der Waals surface area contributed by atoms with Crippen molar-refractivity contribution in [2.45, 2.75) is 13.8 Å². The van der Waals surface area contributed by atoms with Gasteiger partial charge in [0.25, 0.3) is 0 Å². The van der Waals surface area contributed by atoms with E-state index in [4.69, 9.17) is 9.84 Å². The molecule has 23 heavy (non-hydrogen) atoms. The molecule has 6 nitrogen and oxygen atoms in total. The van der Waals surface area contributed by atoms with E-state index in [-0.39, 0.29) is 29.3 Å². The monoisotopic (exact) mass is 313 g/mol. The molecule has 0 aliphatic rings. The SMILES string of the molecule is CCOC(=O)c1cc(-c2ccc(C(=O)O)cc2)cc(C(C)=O)n1. The number of carbonyl (C=O) groups is 3. The summed E-state index contributed by atoms with van der Waals surface area (Å²) in [6, 6.07) is 9.20. The summed E-state index contributed by atoms with van der Waals surface area (Å²) >= 11 is 0. The topological polar surface area (TPSA) is 93.6 Å². The molecular formula is C17H15NO5. The predicted octanol–water partition coefficient (Wildman–Crippen LogP) is 2.83. The first-order valence-corrected chi connectivity index (χ1v) is 6.96. The quantitative estimate of drug-likeness (QED) is 0.674. The number of ketones is 1. The van der Waals surface area contributed by atoms with Gasteiger partial charge in [-0.2, -0.15) is 0 Å². The smallest absolute Gasteiger partial charge is 0.356 e. The Hall–Kier alpha value is -3.02. The summed E-state index contributed by atoms with van der Waals surface area (Å²) in [5, 5.41) is 8.92. The molecule has 6 heteroatoms. The Labute approximate surface area is 132 Å².